The molecule has 1 aromatic heterocycles. The Balaban J connectivity index is 0.000000150. The first-order valence-electron chi connectivity index (χ1n) is 11.9. The van der Waals surface area contributed by atoms with Crippen LogP contribution in [-0.4, -0.2) is 22.1 Å². The highest BCUT2D eigenvalue weighted by atomic mass is 15.3. The molecule has 1 aliphatic rings. The fourth-order valence-corrected chi connectivity index (χ4v) is 4.68. The van der Waals surface area contributed by atoms with Crippen molar-refractivity contribution in [2.45, 2.75) is 39.8 Å². The third-order valence-electron chi connectivity index (χ3n) is 6.08. The second kappa shape index (κ2) is 9.14. The largest absolute Gasteiger partial charge is 0.336 e. The lowest BCUT2D eigenvalue weighted by molar-refractivity contribution is 0.743. The van der Waals surface area contributed by atoms with E-state index >= 15 is 0 Å². The molecule has 4 aromatic carbocycles. The van der Waals surface area contributed by atoms with Crippen LogP contribution in [-0.2, 0) is 0 Å². The summed E-state index contributed by atoms with van der Waals surface area (Å²) in [5.41, 5.74) is 9.00. The first-order chi connectivity index (χ1) is 16.5. The highest BCUT2D eigenvalue weighted by Gasteiger charge is 2.30. The van der Waals surface area contributed by atoms with Crippen LogP contribution in [0.5, 0.6) is 0 Å². The van der Waals surface area contributed by atoms with Gasteiger partial charge in [-0.3, -0.25) is 0 Å². The van der Waals surface area contributed by atoms with Gasteiger partial charge in [0.2, 0.25) is 0 Å². The van der Waals surface area contributed by atoms with E-state index in [1.165, 1.54) is 22.7 Å². The van der Waals surface area contributed by atoms with E-state index in [0.29, 0.717) is 12.1 Å². The summed E-state index contributed by atoms with van der Waals surface area (Å²) >= 11 is 0. The van der Waals surface area contributed by atoms with Crippen molar-refractivity contribution in [2.24, 2.45) is 0 Å². The summed E-state index contributed by atoms with van der Waals surface area (Å²) in [6.07, 6.45) is 0. The van der Waals surface area contributed by atoms with E-state index in [4.69, 9.17) is 0 Å². The standard InChI is InChI=1S/C18H22N2.C12H8N2/c1-13(2)19-15-9-5-7-11-17(15)20(14(3)4)18-12-8-6-10-16(18)19;1-2-6-10-9(5-1)13-11-7-3-4-8-12(11)14-10/h5-14H,1-4H3;1-8H. The zero-order valence-electron chi connectivity index (χ0n) is 20.2. The molecule has 0 atom stereocenters. The van der Waals surface area contributed by atoms with Gasteiger partial charge in [0.25, 0.3) is 0 Å². The molecule has 0 unspecified atom stereocenters. The number of aromatic nitrogens is 2. The maximum absolute atomic E-state index is 4.52. The molecule has 34 heavy (non-hydrogen) atoms. The van der Waals surface area contributed by atoms with Gasteiger partial charge < -0.3 is 9.80 Å². The van der Waals surface area contributed by atoms with Crippen molar-refractivity contribution < 1.29 is 0 Å². The lowest BCUT2D eigenvalue weighted by atomic mass is 10.0. The van der Waals surface area contributed by atoms with E-state index in [0.717, 1.165) is 22.1 Å². The minimum Gasteiger partial charge on any atom is -0.336 e. The number of rotatable bonds is 2. The molecule has 5 aromatic rings. The first kappa shape index (κ1) is 21.9. The van der Waals surface area contributed by atoms with Gasteiger partial charge in [0.05, 0.1) is 44.8 Å². The average Bonchev–Trinajstić information content (AvgIpc) is 2.85. The van der Waals surface area contributed by atoms with Crippen LogP contribution in [0.15, 0.2) is 97.1 Å². The number of benzene rings is 4. The minimum absolute atomic E-state index is 0.437. The molecule has 170 valence electrons. The number of para-hydroxylation sites is 8. The lowest BCUT2D eigenvalue weighted by Gasteiger charge is -2.43. The molecule has 1 aliphatic heterocycles. The maximum Gasteiger partial charge on any atom is 0.0894 e. The average molecular weight is 447 g/mol. The SMILES string of the molecule is CC(C)N1c2ccccc2N(C(C)C)c2ccccc21.c1ccc2nc3ccccc3nc2c1. The molecule has 6 rings (SSSR count). The Hall–Kier alpha value is -3.92. The predicted octanol–water partition coefficient (Wildman–Crippen LogP) is 7.88. The summed E-state index contributed by atoms with van der Waals surface area (Å²) in [6.45, 7) is 8.99. The summed E-state index contributed by atoms with van der Waals surface area (Å²) in [7, 11) is 0. The Bertz CT molecular complexity index is 1230. The van der Waals surface area contributed by atoms with Gasteiger partial charge in [0, 0.05) is 12.1 Å². The van der Waals surface area contributed by atoms with Crippen LogP contribution in [0.3, 0.4) is 0 Å². The van der Waals surface area contributed by atoms with Crippen LogP contribution in [0, 0.1) is 0 Å². The highest BCUT2D eigenvalue weighted by molar-refractivity contribution is 5.93. The van der Waals surface area contributed by atoms with Crippen molar-refractivity contribution in [2.75, 3.05) is 9.80 Å². The fourth-order valence-electron chi connectivity index (χ4n) is 4.68. The Morgan fingerprint density at radius 3 is 0.882 bits per heavy atom. The van der Waals surface area contributed by atoms with Crippen molar-refractivity contribution in [1.82, 2.24) is 9.97 Å². The molecule has 0 N–H and O–H groups in total. The molecule has 0 saturated carbocycles. The molecule has 0 fully saturated rings. The van der Waals surface area contributed by atoms with E-state index in [2.05, 4.69) is 96.0 Å². The molecular weight excluding hydrogens is 416 g/mol. The number of nitrogens with zero attached hydrogens (tertiary/aromatic N) is 4. The van der Waals surface area contributed by atoms with E-state index in [9.17, 15) is 0 Å². The third kappa shape index (κ3) is 3.96. The second-order valence-electron chi connectivity index (χ2n) is 9.11. The van der Waals surface area contributed by atoms with E-state index in [-0.39, 0.29) is 0 Å². The predicted molar refractivity (Wildman–Crippen MR) is 144 cm³/mol. The van der Waals surface area contributed by atoms with Crippen LogP contribution in [0.25, 0.3) is 22.1 Å². The topological polar surface area (TPSA) is 32.3 Å². The van der Waals surface area contributed by atoms with Crippen molar-refractivity contribution in [3.8, 4) is 0 Å². The summed E-state index contributed by atoms with van der Waals surface area (Å²) in [5, 5.41) is 0. The molecule has 0 bridgehead atoms. The Morgan fingerprint density at radius 2 is 0.647 bits per heavy atom. The fraction of sp³-hybridized carbons (Fsp3) is 0.200. The van der Waals surface area contributed by atoms with Crippen molar-refractivity contribution in [3.63, 3.8) is 0 Å². The van der Waals surface area contributed by atoms with Crippen molar-refractivity contribution in [3.05, 3.63) is 97.1 Å². The minimum atomic E-state index is 0.437. The lowest BCUT2D eigenvalue weighted by Crippen LogP contribution is -2.36. The molecule has 0 radical (unpaired) electrons. The van der Waals surface area contributed by atoms with Crippen LogP contribution in [0.4, 0.5) is 22.7 Å². The van der Waals surface area contributed by atoms with Gasteiger partial charge in [-0.25, -0.2) is 9.97 Å². The number of fused-ring (bicyclic) bond motifs is 4. The first-order valence-corrected chi connectivity index (χ1v) is 11.9. The van der Waals surface area contributed by atoms with Crippen LogP contribution < -0.4 is 9.80 Å². The number of hydrogen-bond donors (Lipinski definition) is 0. The Morgan fingerprint density at radius 1 is 0.412 bits per heavy atom. The van der Waals surface area contributed by atoms with Gasteiger partial charge in [-0.05, 0) is 76.2 Å². The summed E-state index contributed by atoms with van der Waals surface area (Å²) in [5.74, 6) is 0. The molecule has 4 heteroatoms. The van der Waals surface area contributed by atoms with Crippen LogP contribution >= 0.6 is 0 Å². The molecule has 4 nitrogen and oxygen atoms in total. The zero-order chi connectivity index (χ0) is 23.7. The van der Waals surface area contributed by atoms with E-state index < -0.39 is 0 Å². The van der Waals surface area contributed by atoms with Crippen molar-refractivity contribution in [1.29, 1.82) is 0 Å². The number of hydrogen-bond acceptors (Lipinski definition) is 4. The Labute approximate surface area is 201 Å². The maximum atomic E-state index is 4.52. The molecule has 0 amide bonds. The van der Waals surface area contributed by atoms with E-state index in [1.54, 1.807) is 0 Å². The molecular formula is C30H30N4. The van der Waals surface area contributed by atoms with Crippen LogP contribution in [0.1, 0.15) is 27.7 Å². The molecule has 2 heterocycles. The molecule has 0 spiro atoms. The summed E-state index contributed by atoms with van der Waals surface area (Å²) in [6, 6.07) is 34.1. The number of anilines is 4. The highest BCUT2D eigenvalue weighted by Crippen LogP contribution is 2.49. The van der Waals surface area contributed by atoms with Gasteiger partial charge in [-0.2, -0.15) is 0 Å². The smallest absolute Gasteiger partial charge is 0.0894 e. The Kier molecular flexibility index (Phi) is 5.89. The normalized spacial score (nSPS) is 12.5. The molecule has 0 aliphatic carbocycles. The van der Waals surface area contributed by atoms with Gasteiger partial charge in [0.1, 0.15) is 0 Å². The van der Waals surface area contributed by atoms with Crippen LogP contribution in [0.2, 0.25) is 0 Å². The monoisotopic (exact) mass is 446 g/mol. The van der Waals surface area contributed by atoms with Gasteiger partial charge >= 0.3 is 0 Å². The van der Waals surface area contributed by atoms with Gasteiger partial charge in [-0.1, -0.05) is 48.5 Å². The van der Waals surface area contributed by atoms with Crippen molar-refractivity contribution >= 4 is 44.8 Å². The van der Waals surface area contributed by atoms with Gasteiger partial charge in [0.15, 0.2) is 0 Å². The molecule has 0 saturated heterocycles. The summed E-state index contributed by atoms with van der Waals surface area (Å²) in [4.78, 5) is 13.9. The third-order valence-corrected chi connectivity index (χ3v) is 6.08. The zero-order valence-corrected chi connectivity index (χ0v) is 20.2. The quantitative estimate of drug-likeness (QED) is 0.258. The summed E-state index contributed by atoms with van der Waals surface area (Å²) < 4.78 is 0. The second-order valence-corrected chi connectivity index (χ2v) is 9.11. The van der Waals surface area contributed by atoms with E-state index in [1.807, 2.05) is 48.5 Å². The van der Waals surface area contributed by atoms with Gasteiger partial charge in [-0.15, -0.1) is 0 Å².